The van der Waals surface area contributed by atoms with Crippen molar-refractivity contribution in [2.75, 3.05) is 69.0 Å². The predicted molar refractivity (Wildman–Crippen MR) is 507 cm³/mol. The second-order valence-electron chi connectivity index (χ2n) is 47.7. The third-order valence-electron chi connectivity index (χ3n) is 41.3. The van der Waals surface area contributed by atoms with Gasteiger partial charge in [0, 0.05) is 5.75 Å². The third kappa shape index (κ3) is 22.4. The molecular weight excluding hydrogens is 1490 g/mol. The molecule has 0 spiro atoms. The lowest BCUT2D eigenvalue weighted by atomic mass is 9.58. The third-order valence-corrected chi connectivity index (χ3v) is 49.7. The molecule has 36 bridgehead atoms. The van der Waals surface area contributed by atoms with Crippen LogP contribution in [0.3, 0.4) is 0 Å². The zero-order chi connectivity index (χ0) is 75.9. The Hall–Kier alpha value is 1.58. The van der Waals surface area contributed by atoms with Crippen molar-refractivity contribution in [1.82, 2.24) is 0 Å². The molecule has 0 aromatic carbocycles. The van der Waals surface area contributed by atoms with Gasteiger partial charge in [-0.05, 0) is 637 Å². The van der Waals surface area contributed by atoms with Gasteiger partial charge in [-0.25, -0.2) is 0 Å². The van der Waals surface area contributed by atoms with Crippen molar-refractivity contribution in [2.24, 2.45) is 201 Å². The van der Waals surface area contributed by atoms with Gasteiger partial charge in [0.25, 0.3) is 0 Å². The quantitative estimate of drug-likeness (QED) is 0.235. The molecule has 0 aromatic heterocycles. The van der Waals surface area contributed by atoms with Crippen LogP contribution in [0.15, 0.2) is 23.3 Å². The van der Waals surface area contributed by atoms with E-state index in [1.54, 1.807) is 365 Å². The fourth-order valence-electron chi connectivity index (χ4n) is 33.9. The first-order valence-electron chi connectivity index (χ1n) is 53.1. The highest BCUT2D eigenvalue weighted by molar-refractivity contribution is 8.00. The van der Waals surface area contributed by atoms with E-state index in [1.165, 1.54) is 81.9 Å². The lowest BCUT2D eigenvalue weighted by molar-refractivity contribution is 0.0347. The molecule has 51 fully saturated rings. The SMILES string of the molecule is C1=C2CCC(=C1)C1CC3C[C@H](C1)C1CCC(CC1)CSCC1CCC(CC1)C1CC4CC(C1)C1CCC(CC1)CSCC1CCC(CC1)[C@H]1CC(C[C@H](C1)C1CCC(CC1)CSCC1CCC(CC1)C1CC(CC(C1)C1CCC(CC1)CSCC1CCC4CC1)C1CCC(CC1)CSC2)C1CCC(CC1)CSCC1CCC3CC1. The Balaban J connectivity index is 0.584. The van der Waals surface area contributed by atoms with Crippen LogP contribution in [0.4, 0.5) is 0 Å². The number of hydrogen-bond donors (Lipinski definition) is 0. The van der Waals surface area contributed by atoms with Gasteiger partial charge >= 0.3 is 0 Å². The Morgan fingerprint density at radius 1 is 0.149 bits per heavy atom. The average molecular weight is 1670 g/mol. The molecular formula is C108H176S6. The maximum Gasteiger partial charge on any atom is 0.0146 e. The molecule has 6 heteroatoms. The summed E-state index contributed by atoms with van der Waals surface area (Å²) in [5, 5.41) is 0. The largest absolute Gasteiger partial charge is 0.161 e. The number of thioether (sulfide) groups is 6. The summed E-state index contributed by atoms with van der Waals surface area (Å²) in [6.45, 7) is 0. The molecule has 52 heterocycles. The van der Waals surface area contributed by atoms with Crippen LogP contribution < -0.4 is 0 Å². The first-order valence-corrected chi connectivity index (χ1v) is 60.1. The Kier molecular flexibility index (Phi) is 31.3. The minimum atomic E-state index is 0.877. The lowest BCUT2D eigenvalue weighted by Crippen LogP contribution is -2.38. The van der Waals surface area contributed by atoms with Crippen LogP contribution in [0.1, 0.15) is 372 Å². The molecule has 36 saturated heterocycles. The van der Waals surface area contributed by atoms with Gasteiger partial charge in [-0.1, -0.05) is 23.3 Å². The highest BCUT2D eigenvalue weighted by atomic mass is 32.2. The van der Waals surface area contributed by atoms with E-state index in [1.807, 2.05) is 5.57 Å². The topological polar surface area (TPSA) is 0 Å². The second kappa shape index (κ2) is 42.0. The molecule has 644 valence electrons. The van der Waals surface area contributed by atoms with Crippen LogP contribution in [-0.2, 0) is 0 Å². The summed E-state index contributed by atoms with van der Waals surface area (Å²) in [4.78, 5) is 0. The fourth-order valence-corrected chi connectivity index (χ4v) is 42.6. The van der Waals surface area contributed by atoms with Crippen molar-refractivity contribution in [3.8, 4) is 0 Å². The van der Waals surface area contributed by atoms with E-state index in [0.29, 0.717) is 0 Å². The molecule has 16 aliphatic carbocycles. The molecule has 0 amide bonds. The summed E-state index contributed by atoms with van der Waals surface area (Å²) in [6.07, 6.45) is 97.5. The van der Waals surface area contributed by atoms with Crippen LogP contribution in [0, 0.1) is 201 Å². The van der Waals surface area contributed by atoms with E-state index in [4.69, 9.17) is 0 Å². The van der Waals surface area contributed by atoms with E-state index >= 15 is 0 Å². The summed E-state index contributed by atoms with van der Waals surface area (Å²) in [5.41, 5.74) is 3.73. The van der Waals surface area contributed by atoms with Gasteiger partial charge in [-0.3, -0.25) is 0 Å². The first kappa shape index (κ1) is 85.0. The van der Waals surface area contributed by atoms with Crippen molar-refractivity contribution < 1.29 is 0 Å². The Morgan fingerprint density at radius 2 is 0.307 bits per heavy atom. The van der Waals surface area contributed by atoms with E-state index < -0.39 is 0 Å². The zero-order valence-electron chi connectivity index (χ0n) is 73.7. The average Bonchev–Trinajstić information content (AvgIpc) is 0.811. The minimum absolute atomic E-state index is 0.877. The summed E-state index contributed by atoms with van der Waals surface area (Å²) in [5.74, 6) is 52.7. The van der Waals surface area contributed by atoms with E-state index in [2.05, 4.69) is 82.7 Å². The van der Waals surface area contributed by atoms with Gasteiger partial charge in [0.15, 0.2) is 0 Å². The van der Waals surface area contributed by atoms with Crippen LogP contribution in [-0.4, -0.2) is 69.0 Å². The van der Waals surface area contributed by atoms with Crippen LogP contribution in [0.25, 0.3) is 0 Å². The fraction of sp³-hybridized carbons (Fsp3) is 0.963. The summed E-state index contributed by atoms with van der Waals surface area (Å²) < 4.78 is 0. The number of allylic oxidation sites excluding steroid dienone is 3. The number of hydrogen-bond acceptors (Lipinski definition) is 6. The molecule has 12 atom stereocenters. The van der Waals surface area contributed by atoms with Crippen molar-refractivity contribution in [2.45, 2.75) is 372 Å². The van der Waals surface area contributed by atoms with Crippen LogP contribution in [0.2, 0.25) is 0 Å². The Morgan fingerprint density at radius 3 is 0.465 bits per heavy atom. The maximum atomic E-state index is 2.80. The zero-order valence-corrected chi connectivity index (χ0v) is 78.6. The van der Waals surface area contributed by atoms with E-state index in [0.717, 1.165) is 201 Å². The molecule has 68 aliphatic rings. The van der Waals surface area contributed by atoms with Crippen LogP contribution in [0.5, 0.6) is 0 Å². The molecule has 114 heavy (non-hydrogen) atoms. The van der Waals surface area contributed by atoms with Gasteiger partial charge in [-0.15, -0.1) is 0 Å². The van der Waals surface area contributed by atoms with Crippen molar-refractivity contribution in [3.63, 3.8) is 0 Å². The Bertz CT molecular complexity index is 2690. The summed E-state index contributed by atoms with van der Waals surface area (Å²) in [7, 11) is 0. The normalized spacial score (nSPS) is 49.1. The highest BCUT2D eigenvalue weighted by Gasteiger charge is 2.48. The molecule has 68 rings (SSSR count). The van der Waals surface area contributed by atoms with Crippen molar-refractivity contribution in [1.29, 1.82) is 0 Å². The standard InChI is InChI=1S/C108H176S6/c1-25-85-26-2-73(1)61-109-62-74-3-27-88(28-4-74)100-52-101-54-102(53-100)90-35-11-80(12-36-90)68-113-70-82-19-43-94(44-20-82)106-56-104-58-108(60-106)96-47-23-84(24-48-96)72-114-71-83-21-45-95(46-22-83)107-57-103(55-105(59-107)93-41-17-81(18-42-93)69-112-67-79-9-33-89(101)34-10-79)91-37-13-77(14-38-91)65-110-63-75-5-29-86(30-6-75)98-49-97(85)50-99(51-98)87-31-7-76(8-32-87)64-111-66-78-15-39-92(104)40-16-78/h1,25,74-84,86-108H,2-24,26-72H2/t74?,75?,76?,77?,78?,79?,80?,81?,82?,83?,84?,86?,87?,88?,89?,90?,91?,92?,93?,94?,95?,96?,97?,98-,99?,100?,101?,102?,103?,104?,105?,106+,107?,108-/m0/s1. The van der Waals surface area contributed by atoms with Gasteiger partial charge < -0.3 is 0 Å². The smallest absolute Gasteiger partial charge is 0.0146 e. The monoisotopic (exact) mass is 1670 g/mol. The Labute approximate surface area is 730 Å². The molecule has 0 N–H and O–H groups in total. The number of rotatable bonds is 0. The minimum Gasteiger partial charge on any atom is -0.161 e. The summed E-state index contributed by atoms with van der Waals surface area (Å²) in [6, 6.07) is 0. The molecule has 0 aromatic rings. The van der Waals surface area contributed by atoms with Gasteiger partial charge in [0.05, 0.1) is 0 Å². The maximum absolute atomic E-state index is 2.80. The van der Waals surface area contributed by atoms with Gasteiger partial charge in [0.2, 0.25) is 0 Å². The predicted octanol–water partition coefficient (Wildman–Crippen LogP) is 32.1. The first-order chi connectivity index (χ1) is 56.3. The second-order valence-corrected chi connectivity index (χ2v) is 54.1. The molecule has 0 nitrogen and oxygen atoms in total. The van der Waals surface area contributed by atoms with E-state index in [9.17, 15) is 0 Å². The van der Waals surface area contributed by atoms with Crippen molar-refractivity contribution >= 4 is 70.6 Å². The molecule has 9 unspecified atom stereocenters. The highest BCUT2D eigenvalue weighted by Crippen LogP contribution is 2.59. The molecule has 15 saturated carbocycles. The lowest BCUT2D eigenvalue weighted by Gasteiger charge is -2.48. The molecule has 0 radical (unpaired) electrons. The summed E-state index contributed by atoms with van der Waals surface area (Å²) >= 11 is 14.7. The van der Waals surface area contributed by atoms with Crippen molar-refractivity contribution in [3.05, 3.63) is 23.3 Å². The van der Waals surface area contributed by atoms with Crippen LogP contribution >= 0.6 is 70.6 Å². The van der Waals surface area contributed by atoms with E-state index in [-0.39, 0.29) is 0 Å². The molecule has 52 aliphatic heterocycles. The van der Waals surface area contributed by atoms with Gasteiger partial charge in [-0.2, -0.15) is 70.6 Å². The van der Waals surface area contributed by atoms with Gasteiger partial charge in [0.1, 0.15) is 0 Å².